The summed E-state index contributed by atoms with van der Waals surface area (Å²) in [4.78, 5) is 5.44. The van der Waals surface area contributed by atoms with Crippen LogP contribution in [0.1, 0.15) is 34.3 Å². The lowest BCUT2D eigenvalue weighted by Gasteiger charge is -2.28. The Labute approximate surface area is 289 Å². The summed E-state index contributed by atoms with van der Waals surface area (Å²) >= 11 is 0. The van der Waals surface area contributed by atoms with Crippen molar-refractivity contribution in [3.8, 4) is 0 Å². The molecule has 0 saturated heterocycles. The fraction of sp³-hybridized carbons (Fsp3) is 0.159. The van der Waals surface area contributed by atoms with Crippen molar-refractivity contribution in [1.82, 2.24) is 5.32 Å². The van der Waals surface area contributed by atoms with Gasteiger partial charge in [-0.05, 0) is 68.2 Å². The van der Waals surface area contributed by atoms with Crippen molar-refractivity contribution in [2.45, 2.75) is 25.9 Å². The number of hydrogen-bond donors (Lipinski definition) is 1. The molecule has 2 nitrogen and oxygen atoms in total. The molecule has 0 aliphatic heterocycles. The Balaban J connectivity index is 1.30. The van der Waals surface area contributed by atoms with Gasteiger partial charge in [0.1, 0.15) is 0 Å². The van der Waals surface area contributed by atoms with E-state index in [-0.39, 0.29) is 12.1 Å². The molecule has 4 heteroatoms. The van der Waals surface area contributed by atoms with Crippen LogP contribution in [-0.4, -0.2) is 25.1 Å². The van der Waals surface area contributed by atoms with Gasteiger partial charge in [0.15, 0.2) is 0 Å². The predicted molar refractivity (Wildman–Crippen MR) is 212 cm³/mol. The van der Waals surface area contributed by atoms with Gasteiger partial charge in [0, 0.05) is 18.9 Å². The van der Waals surface area contributed by atoms with E-state index >= 15 is 0 Å². The molecule has 0 aliphatic carbocycles. The highest BCUT2D eigenvalue weighted by Gasteiger charge is 2.25. The zero-order valence-electron chi connectivity index (χ0n) is 27.9. The Morgan fingerprint density at radius 3 is 1.40 bits per heavy atom. The largest absolute Gasteiger partial charge is 0.307 e. The summed E-state index contributed by atoms with van der Waals surface area (Å²) in [6.07, 6.45) is 4.14. The maximum Gasteiger partial charge on any atom is 0.0939 e. The lowest BCUT2D eigenvalue weighted by molar-refractivity contribution is 0.469. The van der Waals surface area contributed by atoms with Gasteiger partial charge in [-0.25, -0.2) is 0 Å². The zero-order chi connectivity index (χ0) is 33.0. The van der Waals surface area contributed by atoms with E-state index in [0.29, 0.717) is 0 Å². The molecule has 1 N–H and O–H groups in total. The van der Waals surface area contributed by atoms with Crippen molar-refractivity contribution in [1.29, 1.82) is 0 Å². The fourth-order valence-corrected chi connectivity index (χ4v) is 10.3. The average Bonchev–Trinajstić information content (AvgIpc) is 3.15. The minimum atomic E-state index is -0.587. The second kappa shape index (κ2) is 17.3. The van der Waals surface area contributed by atoms with Crippen molar-refractivity contribution in [3.63, 3.8) is 0 Å². The summed E-state index contributed by atoms with van der Waals surface area (Å²) in [5, 5.41) is 9.62. The molecule has 0 aliphatic rings. The third-order valence-electron chi connectivity index (χ3n) is 8.67. The van der Waals surface area contributed by atoms with Crippen LogP contribution < -0.4 is 26.5 Å². The van der Waals surface area contributed by atoms with E-state index < -0.39 is 15.8 Å². The summed E-state index contributed by atoms with van der Waals surface area (Å²) in [5.74, 6) is 0. The topological polar surface area (TPSA) is 24.4 Å². The maximum atomic E-state index is 5.44. The van der Waals surface area contributed by atoms with Crippen LogP contribution in [0.25, 0.3) is 0 Å². The number of nitrogens with one attached hydrogen (secondary N) is 1. The average molecular weight is 663 g/mol. The molecule has 0 radical (unpaired) electrons. The van der Waals surface area contributed by atoms with E-state index in [9.17, 15) is 0 Å². The Bertz CT molecular complexity index is 1740. The Kier molecular flexibility index (Phi) is 12.1. The summed E-state index contributed by atoms with van der Waals surface area (Å²) in [7, 11) is -1.09. The van der Waals surface area contributed by atoms with E-state index in [0.717, 1.165) is 18.9 Å². The van der Waals surface area contributed by atoms with Crippen molar-refractivity contribution in [2.75, 3.05) is 18.9 Å². The molecular weight excluding hydrogens is 618 g/mol. The van der Waals surface area contributed by atoms with Gasteiger partial charge >= 0.3 is 0 Å². The molecule has 6 rings (SSSR count). The molecular formula is C44H44N2P2. The first-order chi connectivity index (χ1) is 23.7. The van der Waals surface area contributed by atoms with Gasteiger partial charge < -0.3 is 5.32 Å². The number of hydrogen-bond acceptors (Lipinski definition) is 2. The number of nitrogens with zero attached hydrogens (tertiary/aromatic N) is 1. The highest BCUT2D eigenvalue weighted by atomic mass is 31.1. The summed E-state index contributed by atoms with van der Waals surface area (Å²) in [6.45, 7) is 5.20. The van der Waals surface area contributed by atoms with Crippen molar-refractivity contribution in [2.24, 2.45) is 4.99 Å². The highest BCUT2D eigenvalue weighted by Crippen LogP contribution is 2.37. The van der Waals surface area contributed by atoms with Gasteiger partial charge in [-0.15, -0.1) is 0 Å². The zero-order valence-corrected chi connectivity index (χ0v) is 29.6. The summed E-state index contributed by atoms with van der Waals surface area (Å²) < 4.78 is 0. The molecule has 0 fully saturated rings. The van der Waals surface area contributed by atoms with Crippen LogP contribution in [0.4, 0.5) is 0 Å². The summed E-state index contributed by atoms with van der Waals surface area (Å²) in [6, 6.07) is 61.8. The predicted octanol–water partition coefficient (Wildman–Crippen LogP) is 9.01. The van der Waals surface area contributed by atoms with Gasteiger partial charge in [0.2, 0.25) is 0 Å². The fourth-order valence-electron chi connectivity index (χ4n) is 6.09. The van der Waals surface area contributed by atoms with Crippen molar-refractivity contribution in [3.05, 3.63) is 192 Å². The van der Waals surface area contributed by atoms with Gasteiger partial charge in [0.25, 0.3) is 0 Å². The third-order valence-corrected chi connectivity index (χ3v) is 13.6. The first kappa shape index (κ1) is 33.7. The number of benzene rings is 6. The smallest absolute Gasteiger partial charge is 0.0939 e. The highest BCUT2D eigenvalue weighted by molar-refractivity contribution is 7.73. The van der Waals surface area contributed by atoms with E-state index in [4.69, 9.17) is 4.99 Å². The number of rotatable bonds is 14. The van der Waals surface area contributed by atoms with Crippen LogP contribution in [0.15, 0.2) is 175 Å². The SMILES string of the molecule is Cc1ccc(P(CC=N[C@@H](c2ccccc2)[C@@H](NCCP(c2ccccc2)c2ccccc2)c2ccccc2)c2ccc(C)cc2)cc1. The number of aryl methyl sites for hydroxylation is 2. The van der Waals surface area contributed by atoms with E-state index in [1.165, 1.54) is 43.5 Å². The van der Waals surface area contributed by atoms with Gasteiger partial charge in [-0.1, -0.05) is 181 Å². The molecule has 0 unspecified atom stereocenters. The first-order valence-corrected chi connectivity index (χ1v) is 19.8. The molecule has 6 aromatic rings. The molecule has 0 aromatic heterocycles. The van der Waals surface area contributed by atoms with Gasteiger partial charge in [-0.3, -0.25) is 4.99 Å². The van der Waals surface area contributed by atoms with E-state index in [2.05, 4.69) is 195 Å². The summed E-state index contributed by atoms with van der Waals surface area (Å²) in [5.41, 5.74) is 5.05. The Morgan fingerprint density at radius 1 is 0.500 bits per heavy atom. The van der Waals surface area contributed by atoms with E-state index in [1.54, 1.807) is 0 Å². The molecule has 0 heterocycles. The van der Waals surface area contributed by atoms with Crippen molar-refractivity contribution < 1.29 is 0 Å². The van der Waals surface area contributed by atoms with Crippen LogP contribution in [0.5, 0.6) is 0 Å². The van der Waals surface area contributed by atoms with Gasteiger partial charge in [-0.2, -0.15) is 0 Å². The maximum absolute atomic E-state index is 5.44. The Hall–Kier alpha value is -4.19. The van der Waals surface area contributed by atoms with Crippen molar-refractivity contribution >= 4 is 43.3 Å². The molecule has 6 aromatic carbocycles. The minimum Gasteiger partial charge on any atom is -0.307 e. The second-order valence-electron chi connectivity index (χ2n) is 12.1. The minimum absolute atomic E-state index is 0.0261. The first-order valence-electron chi connectivity index (χ1n) is 16.8. The molecule has 0 spiro atoms. The third kappa shape index (κ3) is 9.03. The van der Waals surface area contributed by atoms with Gasteiger partial charge in [0.05, 0.1) is 12.1 Å². The van der Waals surface area contributed by atoms with Crippen LogP contribution >= 0.6 is 15.8 Å². The second-order valence-corrected chi connectivity index (χ2v) is 16.7. The van der Waals surface area contributed by atoms with Crippen LogP contribution in [0, 0.1) is 13.8 Å². The monoisotopic (exact) mass is 662 g/mol. The van der Waals surface area contributed by atoms with Crippen LogP contribution in [-0.2, 0) is 0 Å². The molecule has 240 valence electrons. The molecule has 0 bridgehead atoms. The van der Waals surface area contributed by atoms with E-state index in [1.807, 2.05) is 0 Å². The van der Waals surface area contributed by atoms with Crippen LogP contribution in [0.3, 0.4) is 0 Å². The van der Waals surface area contributed by atoms with Crippen LogP contribution in [0.2, 0.25) is 0 Å². The molecule has 48 heavy (non-hydrogen) atoms. The lowest BCUT2D eigenvalue weighted by Crippen LogP contribution is -2.30. The standard InChI is InChI=1S/C44H44N2P2/c1-35-23-27-41(28-24-35)48(42-29-25-36(2)26-30-42)34-32-46-44(38-17-9-4-10-18-38)43(37-15-7-3-8-16-37)45-31-33-47(39-19-11-5-12-20-39)40-21-13-6-14-22-40/h3-30,32,43-45H,31,33-34H2,1-2H3/t43-,44-/m0/s1. The Morgan fingerprint density at radius 2 is 0.917 bits per heavy atom. The molecule has 2 atom stereocenters. The molecule has 0 saturated carbocycles. The molecule has 0 amide bonds. The normalized spacial score (nSPS) is 12.8. The lowest BCUT2D eigenvalue weighted by atomic mass is 9.93. The number of aliphatic imine (C=N–C) groups is 1. The quantitative estimate of drug-likeness (QED) is 0.0914.